The third-order valence-electron chi connectivity index (χ3n) is 1.02. The van der Waals surface area contributed by atoms with Gasteiger partial charge < -0.3 is 9.92 Å². The number of hydrogen-bond donors (Lipinski definition) is 1. The van der Waals surface area contributed by atoms with Gasteiger partial charge in [-0.15, -0.1) is 0 Å². The van der Waals surface area contributed by atoms with Gasteiger partial charge in [-0.1, -0.05) is 6.92 Å². The van der Waals surface area contributed by atoms with Gasteiger partial charge in [-0.25, -0.2) is 0 Å². The first-order chi connectivity index (χ1) is 4.52. The molecule has 0 spiro atoms. The van der Waals surface area contributed by atoms with Gasteiger partial charge in [0.1, 0.15) is 0 Å². The van der Waals surface area contributed by atoms with Crippen LogP contribution in [-0.2, 0) is 0 Å². The van der Waals surface area contributed by atoms with Gasteiger partial charge in [-0.3, -0.25) is 0 Å². The van der Waals surface area contributed by atoms with Crippen LogP contribution >= 0.6 is 0 Å². The van der Waals surface area contributed by atoms with Gasteiger partial charge in [0.05, 0.1) is 6.10 Å². The minimum atomic E-state index is -0.385. The molecule has 0 heterocycles. The number of rotatable bonds is 4. The smallest absolute Gasteiger partial charge is 0.182 e. The molecule has 0 amide bonds. The van der Waals surface area contributed by atoms with E-state index in [9.17, 15) is 0 Å². The molecule has 0 fully saturated rings. The van der Waals surface area contributed by atoms with E-state index in [0.29, 0.717) is 13.1 Å². The minimum Gasteiger partial charge on any atom is -0.392 e. The van der Waals surface area contributed by atoms with Crippen molar-refractivity contribution < 1.29 is 5.11 Å². The fourth-order valence-corrected chi connectivity index (χ4v) is 0.784. The highest BCUT2D eigenvalue weighted by molar-refractivity contribution is 6.04. The second-order valence-electron chi connectivity index (χ2n) is 2.78. The molecule has 0 aliphatic rings. The van der Waals surface area contributed by atoms with Crippen molar-refractivity contribution in [2.24, 2.45) is 5.92 Å². The Labute approximate surface area is 64.7 Å². The lowest BCUT2D eigenvalue weighted by atomic mass is 10.1. The summed E-state index contributed by atoms with van der Waals surface area (Å²) in [7, 11) is 5.47. The summed E-state index contributed by atoms with van der Waals surface area (Å²) < 4.78 is 0. The fourth-order valence-electron chi connectivity index (χ4n) is 0.784. The Morgan fingerprint density at radius 2 is 2.00 bits per heavy atom. The Balaban J connectivity index is 3.34. The van der Waals surface area contributed by atoms with E-state index in [1.54, 1.807) is 6.92 Å². The summed E-state index contributed by atoms with van der Waals surface area (Å²) in [6.07, 6.45) is -0.385. The molecule has 10 heavy (non-hydrogen) atoms. The predicted octanol–water partition coefficient (Wildman–Crippen LogP) is 0.0999. The molecule has 0 saturated carbocycles. The average molecular weight is 139 g/mol. The SMILES string of the molecule is [B]N(CC([CH])C)CC(C)O. The van der Waals surface area contributed by atoms with E-state index in [1.807, 2.05) is 6.92 Å². The highest BCUT2D eigenvalue weighted by Gasteiger charge is 2.03. The van der Waals surface area contributed by atoms with Gasteiger partial charge in [-0.2, -0.15) is 0 Å². The molecule has 2 nitrogen and oxygen atoms in total. The predicted molar refractivity (Wildman–Crippen MR) is 42.5 cm³/mol. The van der Waals surface area contributed by atoms with Crippen LogP contribution < -0.4 is 0 Å². The van der Waals surface area contributed by atoms with Crippen molar-refractivity contribution in [3.05, 3.63) is 6.92 Å². The lowest BCUT2D eigenvalue weighted by molar-refractivity contribution is 0.162. The first kappa shape index (κ1) is 9.98. The van der Waals surface area contributed by atoms with E-state index in [4.69, 9.17) is 20.0 Å². The van der Waals surface area contributed by atoms with Gasteiger partial charge >= 0.3 is 0 Å². The third kappa shape index (κ3) is 6.11. The first-order valence-electron chi connectivity index (χ1n) is 3.45. The Bertz CT molecular complexity index is 75.7. The second-order valence-corrected chi connectivity index (χ2v) is 2.78. The van der Waals surface area contributed by atoms with Crippen molar-refractivity contribution in [3.63, 3.8) is 0 Å². The lowest BCUT2D eigenvalue weighted by Gasteiger charge is -2.20. The Morgan fingerprint density at radius 3 is 2.30 bits per heavy atom. The fraction of sp³-hybridized carbons (Fsp3) is 0.857. The molecule has 1 N–H and O–H groups in total. The maximum atomic E-state index is 8.87. The van der Waals surface area contributed by atoms with E-state index in [2.05, 4.69) is 0 Å². The molecule has 2 atom stereocenters. The lowest BCUT2D eigenvalue weighted by Crippen LogP contribution is -2.31. The summed E-state index contributed by atoms with van der Waals surface area (Å²) in [5.74, 6) is 0.0590. The molecule has 0 aromatic carbocycles. The largest absolute Gasteiger partial charge is 0.392 e. The van der Waals surface area contributed by atoms with Gasteiger partial charge in [0, 0.05) is 6.54 Å². The maximum absolute atomic E-state index is 8.87. The van der Waals surface area contributed by atoms with Crippen molar-refractivity contribution >= 4 is 7.98 Å². The molecular weight excluding hydrogens is 125 g/mol. The van der Waals surface area contributed by atoms with Crippen LogP contribution in [-0.4, -0.2) is 37.1 Å². The number of hydrogen-bond acceptors (Lipinski definition) is 2. The zero-order valence-electron chi connectivity index (χ0n) is 6.62. The molecule has 0 aliphatic carbocycles. The Hall–Kier alpha value is -0.0151. The van der Waals surface area contributed by atoms with Crippen LogP contribution in [0.2, 0.25) is 0 Å². The van der Waals surface area contributed by atoms with Gasteiger partial charge in [0.15, 0.2) is 7.98 Å². The van der Waals surface area contributed by atoms with Gasteiger partial charge in [0.2, 0.25) is 0 Å². The van der Waals surface area contributed by atoms with Crippen LogP contribution in [0.1, 0.15) is 13.8 Å². The van der Waals surface area contributed by atoms with Crippen molar-refractivity contribution in [1.29, 1.82) is 0 Å². The monoisotopic (exact) mass is 139 g/mol. The standard InChI is InChI=1S/C7H14BNO/c1-6(2)4-9(8)5-7(3)10/h1,6-7,10H,4-5H2,2-3H3. The average Bonchev–Trinajstić information content (AvgIpc) is 1.58. The van der Waals surface area contributed by atoms with Crippen LogP contribution in [0.15, 0.2) is 0 Å². The molecule has 2 unspecified atom stereocenters. The van der Waals surface area contributed by atoms with Crippen molar-refractivity contribution in [3.8, 4) is 0 Å². The zero-order chi connectivity index (χ0) is 8.15. The summed E-state index contributed by atoms with van der Waals surface area (Å²) in [5.41, 5.74) is 0. The zero-order valence-corrected chi connectivity index (χ0v) is 6.62. The van der Waals surface area contributed by atoms with Crippen molar-refractivity contribution in [2.75, 3.05) is 13.1 Å². The van der Waals surface area contributed by atoms with Crippen LogP contribution in [0.3, 0.4) is 0 Å². The topological polar surface area (TPSA) is 23.5 Å². The molecule has 0 bridgehead atoms. The Kier molecular flexibility index (Phi) is 4.74. The van der Waals surface area contributed by atoms with Crippen LogP contribution in [0.5, 0.6) is 0 Å². The molecule has 4 radical (unpaired) electrons. The normalized spacial score (nSPS) is 14.6. The summed E-state index contributed by atoms with van der Waals surface area (Å²) >= 11 is 0. The molecule has 0 aromatic rings. The summed E-state index contributed by atoms with van der Waals surface area (Å²) in [6, 6.07) is 0. The summed E-state index contributed by atoms with van der Waals surface area (Å²) in [4.78, 5) is 1.52. The number of aliphatic hydroxyl groups is 1. The van der Waals surface area contributed by atoms with Crippen LogP contribution in [0.25, 0.3) is 0 Å². The van der Waals surface area contributed by atoms with E-state index < -0.39 is 0 Å². The van der Waals surface area contributed by atoms with E-state index in [0.717, 1.165) is 0 Å². The van der Waals surface area contributed by atoms with E-state index in [-0.39, 0.29) is 12.0 Å². The highest BCUT2D eigenvalue weighted by Crippen LogP contribution is 1.95. The van der Waals surface area contributed by atoms with E-state index in [1.165, 1.54) is 4.81 Å². The summed E-state index contributed by atoms with van der Waals surface area (Å²) in [6.45, 7) is 10.1. The molecule has 3 heteroatoms. The van der Waals surface area contributed by atoms with Crippen LogP contribution in [0, 0.1) is 12.8 Å². The number of nitrogens with zero attached hydrogens (tertiary/aromatic N) is 1. The second kappa shape index (κ2) is 4.75. The highest BCUT2D eigenvalue weighted by atomic mass is 16.3. The van der Waals surface area contributed by atoms with Crippen LogP contribution in [0.4, 0.5) is 0 Å². The third-order valence-corrected chi connectivity index (χ3v) is 1.02. The van der Waals surface area contributed by atoms with Crippen molar-refractivity contribution in [2.45, 2.75) is 20.0 Å². The summed E-state index contributed by atoms with van der Waals surface area (Å²) in [5, 5.41) is 8.87. The molecule has 56 valence electrons. The minimum absolute atomic E-state index is 0.0590. The molecule has 0 rings (SSSR count). The number of aliphatic hydroxyl groups excluding tert-OH is 1. The van der Waals surface area contributed by atoms with Gasteiger partial charge in [0.25, 0.3) is 0 Å². The van der Waals surface area contributed by atoms with Crippen molar-refractivity contribution in [1.82, 2.24) is 4.81 Å². The van der Waals surface area contributed by atoms with Gasteiger partial charge in [-0.05, 0) is 26.3 Å². The molecule has 0 aliphatic heterocycles. The molecule has 0 saturated heterocycles. The first-order valence-corrected chi connectivity index (χ1v) is 3.45. The maximum Gasteiger partial charge on any atom is 0.182 e. The Morgan fingerprint density at radius 1 is 1.50 bits per heavy atom. The molecular formula is C7H14BNO. The molecule has 0 aromatic heterocycles. The van der Waals surface area contributed by atoms with E-state index >= 15 is 0 Å². The quantitative estimate of drug-likeness (QED) is 0.558.